The van der Waals surface area contributed by atoms with E-state index in [2.05, 4.69) is 26.1 Å². The first-order valence-corrected chi connectivity index (χ1v) is 17.3. The molecule has 0 bridgehead atoms. The number of phosphoric ester groups is 1. The number of hydrogen-bond donors (Lipinski definition) is 3. The summed E-state index contributed by atoms with van der Waals surface area (Å²) in [4.78, 5) is 38.5. The van der Waals surface area contributed by atoms with Crippen molar-refractivity contribution in [3.63, 3.8) is 0 Å². The Morgan fingerprint density at radius 3 is 2.09 bits per heavy atom. The highest BCUT2D eigenvalue weighted by molar-refractivity contribution is 7.46. The summed E-state index contributed by atoms with van der Waals surface area (Å²) in [6.45, 7) is 13.9. The highest BCUT2D eigenvalue weighted by Crippen LogP contribution is 2.54. The summed E-state index contributed by atoms with van der Waals surface area (Å²) in [6.07, 6.45) is 4.01. The molecule has 3 aromatic rings. The van der Waals surface area contributed by atoms with Gasteiger partial charge < -0.3 is 24.6 Å². The summed E-state index contributed by atoms with van der Waals surface area (Å²) in [5.74, 6) is 1.26. The predicted molar refractivity (Wildman–Crippen MR) is 174 cm³/mol. The number of nitrogens with zero attached hydrogens (tertiary/aromatic N) is 1. The van der Waals surface area contributed by atoms with Gasteiger partial charge >= 0.3 is 13.9 Å². The number of nitrogens with one attached hydrogen (secondary N) is 1. The van der Waals surface area contributed by atoms with Crippen molar-refractivity contribution in [2.75, 3.05) is 0 Å². The maximum atomic E-state index is 13.3. The van der Waals surface area contributed by atoms with Crippen LogP contribution >= 0.6 is 7.82 Å². The molecule has 5 rings (SSSR count). The zero-order valence-electron chi connectivity index (χ0n) is 27.4. The predicted octanol–water partition coefficient (Wildman–Crippen LogP) is 7.61. The van der Waals surface area contributed by atoms with Crippen molar-refractivity contribution in [2.45, 2.75) is 110 Å². The fourth-order valence-corrected chi connectivity index (χ4v) is 7.74. The van der Waals surface area contributed by atoms with Gasteiger partial charge in [-0.1, -0.05) is 51.1 Å². The molecule has 2 aliphatic carbocycles. The zero-order chi connectivity index (χ0) is 32.8. The van der Waals surface area contributed by atoms with Gasteiger partial charge in [0.1, 0.15) is 17.3 Å². The molecule has 0 aliphatic heterocycles. The van der Waals surface area contributed by atoms with Gasteiger partial charge in [-0.25, -0.2) is 14.3 Å². The topological polar surface area (TPSA) is 127 Å². The largest absolute Gasteiger partial charge is 0.474 e. The minimum Gasteiger partial charge on any atom is -0.474 e. The smallest absolute Gasteiger partial charge is 0.470 e. The summed E-state index contributed by atoms with van der Waals surface area (Å²) in [7, 11) is -5.02. The van der Waals surface area contributed by atoms with Crippen molar-refractivity contribution in [1.82, 2.24) is 10.3 Å². The molecule has 2 aromatic carbocycles. The zero-order valence-corrected chi connectivity index (χ0v) is 28.3. The minimum absolute atomic E-state index is 0.128. The van der Waals surface area contributed by atoms with Crippen LogP contribution < -0.4 is 10.1 Å². The third-order valence-electron chi connectivity index (χ3n) is 9.45. The highest BCUT2D eigenvalue weighted by atomic mass is 31.2. The number of carbonyl (C=O) groups is 1. The van der Waals surface area contributed by atoms with E-state index in [1.807, 2.05) is 54.6 Å². The van der Waals surface area contributed by atoms with Crippen molar-refractivity contribution in [2.24, 2.45) is 11.3 Å². The van der Waals surface area contributed by atoms with E-state index in [0.717, 1.165) is 42.2 Å². The first-order valence-electron chi connectivity index (χ1n) is 15.8. The molecule has 0 radical (unpaired) electrons. The molecule has 1 amide bonds. The van der Waals surface area contributed by atoms with Gasteiger partial charge in [0.05, 0.1) is 11.1 Å². The van der Waals surface area contributed by atoms with E-state index >= 15 is 0 Å². The lowest BCUT2D eigenvalue weighted by Gasteiger charge is -2.46. The number of hydrogen-bond acceptors (Lipinski definition) is 6. The number of phosphoric acid groups is 1. The molecule has 0 unspecified atom stereocenters. The average Bonchev–Trinajstić information content (AvgIpc) is 3.29. The van der Waals surface area contributed by atoms with Gasteiger partial charge in [-0.15, -0.1) is 0 Å². The molecular weight excluding hydrogens is 591 g/mol. The number of carbonyl (C=O) groups excluding carboxylic acids is 1. The lowest BCUT2D eigenvalue weighted by molar-refractivity contribution is -0.0420. The van der Waals surface area contributed by atoms with Crippen molar-refractivity contribution < 1.29 is 33.1 Å². The Morgan fingerprint density at radius 2 is 1.53 bits per heavy atom. The van der Waals surface area contributed by atoms with E-state index in [1.165, 1.54) is 0 Å². The second-order valence-corrected chi connectivity index (χ2v) is 16.1. The summed E-state index contributed by atoms with van der Waals surface area (Å²) in [5, 5.41) is 3.76. The molecule has 45 heavy (non-hydrogen) atoms. The number of rotatable bonds is 7. The van der Waals surface area contributed by atoms with Crippen LogP contribution in [-0.2, 0) is 32.2 Å². The number of alkyl carbamates (subject to hydrolysis) is 1. The first-order chi connectivity index (χ1) is 20.9. The maximum Gasteiger partial charge on any atom is 0.470 e. The fraction of sp³-hybridized carbons (Fsp3) is 0.543. The molecule has 3 N–H and O–H groups in total. The highest BCUT2D eigenvalue weighted by Gasteiger charge is 2.57. The van der Waals surface area contributed by atoms with Crippen LogP contribution in [0.25, 0.3) is 10.9 Å². The van der Waals surface area contributed by atoms with Crippen LogP contribution in [0.2, 0.25) is 0 Å². The molecule has 9 nitrogen and oxygen atoms in total. The lowest BCUT2D eigenvalue weighted by atomic mass is 9.72. The van der Waals surface area contributed by atoms with Gasteiger partial charge in [-0.3, -0.25) is 4.52 Å². The fourth-order valence-electron chi connectivity index (χ4n) is 6.98. The lowest BCUT2D eigenvalue weighted by Crippen LogP contribution is -2.62. The third-order valence-corrected chi connectivity index (χ3v) is 10.0. The molecule has 1 saturated carbocycles. The quantitative estimate of drug-likeness (QED) is 0.226. The van der Waals surface area contributed by atoms with Crippen LogP contribution in [0.15, 0.2) is 54.6 Å². The molecule has 10 heteroatoms. The van der Waals surface area contributed by atoms with Crippen molar-refractivity contribution in [1.29, 1.82) is 0 Å². The van der Waals surface area contributed by atoms with E-state index < -0.39 is 30.7 Å². The number of amides is 1. The molecule has 1 heterocycles. The molecule has 2 aliphatic rings. The SMILES string of the molecule is CC(C)(C)OC(=O)N[C@](C)(c1ccc2nc(OC3CCC(C(C)(C)C)CC3)ccc2c1)C1(OP(=O)(O)O)Cc2ccccc2C1. The van der Waals surface area contributed by atoms with Crippen LogP contribution in [-0.4, -0.2) is 38.2 Å². The third kappa shape index (κ3) is 7.54. The number of benzene rings is 2. The van der Waals surface area contributed by atoms with Crippen LogP contribution in [0.4, 0.5) is 4.79 Å². The molecule has 0 spiro atoms. The van der Waals surface area contributed by atoms with Gasteiger partial charge in [0.25, 0.3) is 0 Å². The van der Waals surface area contributed by atoms with Crippen molar-refractivity contribution >= 4 is 24.8 Å². The Kier molecular flexibility index (Phi) is 8.90. The van der Waals surface area contributed by atoms with Crippen LogP contribution in [0, 0.1) is 11.3 Å². The molecule has 1 aromatic heterocycles. The van der Waals surface area contributed by atoms with Gasteiger partial charge in [-0.05, 0) is 99.6 Å². The summed E-state index contributed by atoms with van der Waals surface area (Å²) in [5.41, 5.74) is -0.360. The van der Waals surface area contributed by atoms with E-state index in [-0.39, 0.29) is 18.9 Å². The Bertz CT molecular complexity index is 1570. The normalized spacial score (nSPS) is 21.5. The van der Waals surface area contributed by atoms with E-state index in [4.69, 9.17) is 19.0 Å². The minimum atomic E-state index is -5.02. The van der Waals surface area contributed by atoms with Gasteiger partial charge in [0.15, 0.2) is 0 Å². The maximum absolute atomic E-state index is 13.3. The molecule has 1 fully saturated rings. The Morgan fingerprint density at radius 1 is 0.911 bits per heavy atom. The van der Waals surface area contributed by atoms with E-state index in [1.54, 1.807) is 27.7 Å². The van der Waals surface area contributed by atoms with Gasteiger partial charge in [-0.2, -0.15) is 0 Å². The van der Waals surface area contributed by atoms with Crippen molar-refractivity contribution in [3.05, 3.63) is 71.3 Å². The molecule has 0 saturated heterocycles. The Balaban J connectivity index is 1.49. The number of ether oxygens (including phenoxy) is 2. The number of fused-ring (bicyclic) bond motifs is 2. The average molecular weight is 639 g/mol. The van der Waals surface area contributed by atoms with Crippen LogP contribution in [0.1, 0.15) is 90.8 Å². The molecule has 1 atom stereocenters. The molecule has 244 valence electrons. The molecular formula is C35H47N2O7P. The number of aromatic nitrogens is 1. The summed E-state index contributed by atoms with van der Waals surface area (Å²) >= 11 is 0. The van der Waals surface area contributed by atoms with Gasteiger partial charge in [0.2, 0.25) is 5.88 Å². The summed E-state index contributed by atoms with van der Waals surface area (Å²) < 4.78 is 30.2. The summed E-state index contributed by atoms with van der Waals surface area (Å²) in [6, 6.07) is 16.9. The van der Waals surface area contributed by atoms with E-state index in [9.17, 15) is 19.1 Å². The second-order valence-electron chi connectivity index (χ2n) is 15.0. The van der Waals surface area contributed by atoms with Gasteiger partial charge in [0, 0.05) is 24.3 Å². The monoisotopic (exact) mass is 638 g/mol. The first kappa shape index (κ1) is 33.4. The Labute approximate surface area is 266 Å². The standard InChI is InChI=1S/C35H47N2O7P/c1-32(2,3)26-13-16-28(17-14-26)42-30-19-12-23-20-27(15-18-29(23)36-30)34(7,37-31(38)43-33(4,5)6)35(44-45(39,40)41)21-24-10-8-9-11-25(24)22-35/h8-12,15,18-20,26,28H,13-14,16-17,21-22H2,1-7H3,(H,37,38)(H2,39,40,41)/t26?,28?,34-/m1/s1. The van der Waals surface area contributed by atoms with Crippen LogP contribution in [0.3, 0.4) is 0 Å². The van der Waals surface area contributed by atoms with Crippen molar-refractivity contribution in [3.8, 4) is 5.88 Å². The van der Waals surface area contributed by atoms with E-state index in [0.29, 0.717) is 28.3 Å². The van der Waals surface area contributed by atoms with Crippen LogP contribution in [0.5, 0.6) is 5.88 Å². The Hall–Kier alpha value is -2.97. The number of pyridine rings is 1. The second kappa shape index (κ2) is 12.0.